The Hall–Kier alpha value is -2.62. The highest BCUT2D eigenvalue weighted by Crippen LogP contribution is 2.40. The molecular weight excluding hydrogens is 605 g/mol. The zero-order valence-corrected chi connectivity index (χ0v) is 25.6. The normalized spacial score (nSPS) is 17.9. The van der Waals surface area contributed by atoms with Gasteiger partial charge in [0.1, 0.15) is 0 Å². The predicted molar refractivity (Wildman–Crippen MR) is 163 cm³/mol. The molecule has 2 fully saturated rings. The monoisotopic (exact) mass is 633 g/mol. The number of piperidine rings is 1. The summed E-state index contributed by atoms with van der Waals surface area (Å²) in [6, 6.07) is 19.3. The third kappa shape index (κ3) is 5.86. The molecule has 2 heterocycles. The van der Waals surface area contributed by atoms with E-state index in [0.717, 1.165) is 11.3 Å². The molecule has 0 aliphatic carbocycles. The van der Waals surface area contributed by atoms with Gasteiger partial charge in [-0.2, -0.15) is 4.31 Å². The van der Waals surface area contributed by atoms with Crippen LogP contribution in [0.4, 0.5) is 5.69 Å². The molecule has 2 aliphatic rings. The summed E-state index contributed by atoms with van der Waals surface area (Å²) in [5, 5.41) is 1.08. The summed E-state index contributed by atoms with van der Waals surface area (Å²) in [5.41, 5.74) is 1.24. The molecule has 3 aromatic carbocycles. The van der Waals surface area contributed by atoms with Crippen molar-refractivity contribution in [2.24, 2.45) is 0 Å². The first-order valence-corrected chi connectivity index (χ1v) is 16.0. The lowest BCUT2D eigenvalue weighted by Gasteiger charge is -2.45. The second-order valence-electron chi connectivity index (χ2n) is 10.4. The van der Waals surface area contributed by atoms with Gasteiger partial charge in [-0.1, -0.05) is 77.3 Å². The number of rotatable bonds is 6. The van der Waals surface area contributed by atoms with Gasteiger partial charge in [0.05, 0.1) is 25.4 Å². The van der Waals surface area contributed by atoms with Gasteiger partial charge in [-0.05, 0) is 49.6 Å². The van der Waals surface area contributed by atoms with Crippen LogP contribution in [-0.2, 0) is 20.2 Å². The van der Waals surface area contributed by atoms with Gasteiger partial charge in [0.15, 0.2) is 5.78 Å². The molecule has 41 heavy (non-hydrogen) atoms. The van der Waals surface area contributed by atoms with E-state index in [9.17, 15) is 18.0 Å². The average molecular weight is 635 g/mol. The number of amides is 1. The van der Waals surface area contributed by atoms with Crippen molar-refractivity contribution >= 4 is 62.2 Å². The highest BCUT2D eigenvalue weighted by molar-refractivity contribution is 7.89. The average Bonchev–Trinajstić information content (AvgIpc) is 3.00. The maximum absolute atomic E-state index is 14.3. The quantitative estimate of drug-likeness (QED) is 0.249. The van der Waals surface area contributed by atoms with E-state index in [1.165, 1.54) is 23.4 Å². The molecule has 5 rings (SSSR count). The van der Waals surface area contributed by atoms with Gasteiger partial charge in [-0.3, -0.25) is 9.59 Å². The van der Waals surface area contributed by atoms with Crippen molar-refractivity contribution in [3.8, 4) is 0 Å². The number of benzene rings is 3. The Balaban J connectivity index is 1.35. The number of ketones is 1. The van der Waals surface area contributed by atoms with Crippen LogP contribution >= 0.6 is 34.8 Å². The minimum absolute atomic E-state index is 0.00569. The van der Waals surface area contributed by atoms with Gasteiger partial charge in [-0.25, -0.2) is 8.42 Å². The van der Waals surface area contributed by atoms with Gasteiger partial charge in [0, 0.05) is 50.5 Å². The summed E-state index contributed by atoms with van der Waals surface area (Å²) in [5.74, 6) is -0.192. The second kappa shape index (κ2) is 11.9. The van der Waals surface area contributed by atoms with E-state index in [1.807, 2.05) is 35.2 Å². The van der Waals surface area contributed by atoms with Crippen molar-refractivity contribution in [3.63, 3.8) is 0 Å². The van der Waals surface area contributed by atoms with Gasteiger partial charge >= 0.3 is 0 Å². The minimum atomic E-state index is -3.83. The second-order valence-corrected chi connectivity index (χ2v) is 13.6. The van der Waals surface area contributed by atoms with Crippen molar-refractivity contribution in [3.05, 3.63) is 92.9 Å². The maximum atomic E-state index is 14.3. The number of halogens is 3. The fourth-order valence-corrected chi connectivity index (χ4v) is 7.78. The van der Waals surface area contributed by atoms with E-state index >= 15 is 0 Å². The van der Waals surface area contributed by atoms with Gasteiger partial charge in [-0.15, -0.1) is 0 Å². The van der Waals surface area contributed by atoms with E-state index in [-0.39, 0.29) is 29.7 Å². The molecular formula is C30H30Cl3N3O4S. The van der Waals surface area contributed by atoms with Crippen LogP contribution in [0.25, 0.3) is 0 Å². The van der Waals surface area contributed by atoms with Crippen LogP contribution in [-0.4, -0.2) is 68.6 Å². The zero-order chi connectivity index (χ0) is 29.4. The largest absolute Gasteiger partial charge is 0.368 e. The SMILES string of the molecule is CC(=O)c1cccc(S(=O)(=O)N2CCC(C(=O)N3CCN(c4cc(Cl)c(Cl)c(Cl)c4)CC3)(c3ccccc3)CC2)c1. The molecule has 0 atom stereocenters. The number of sulfonamides is 1. The van der Waals surface area contributed by atoms with Crippen LogP contribution in [0, 0.1) is 0 Å². The lowest BCUT2D eigenvalue weighted by atomic mass is 9.72. The summed E-state index contributed by atoms with van der Waals surface area (Å²) in [6.45, 7) is 3.99. The number of anilines is 1. The first-order valence-electron chi connectivity index (χ1n) is 13.4. The van der Waals surface area contributed by atoms with Crippen LogP contribution in [0.5, 0.6) is 0 Å². The summed E-state index contributed by atoms with van der Waals surface area (Å²) in [7, 11) is -3.83. The first kappa shape index (κ1) is 29.9. The number of nitrogens with zero attached hydrogens (tertiary/aromatic N) is 3. The van der Waals surface area contributed by atoms with Crippen molar-refractivity contribution in [2.45, 2.75) is 30.1 Å². The van der Waals surface area contributed by atoms with E-state index in [2.05, 4.69) is 4.90 Å². The molecule has 0 N–H and O–H groups in total. The Kier molecular flexibility index (Phi) is 8.69. The van der Waals surface area contributed by atoms with Crippen molar-refractivity contribution in [1.29, 1.82) is 0 Å². The van der Waals surface area contributed by atoms with Crippen LogP contribution in [0.1, 0.15) is 35.7 Å². The van der Waals surface area contributed by atoms with Gasteiger partial charge in [0.25, 0.3) is 0 Å². The number of hydrogen-bond donors (Lipinski definition) is 0. The van der Waals surface area contributed by atoms with E-state index in [0.29, 0.717) is 59.7 Å². The highest BCUT2D eigenvalue weighted by Gasteiger charge is 2.47. The van der Waals surface area contributed by atoms with Gasteiger partial charge in [0.2, 0.25) is 15.9 Å². The van der Waals surface area contributed by atoms with E-state index < -0.39 is 15.4 Å². The Morgan fingerprint density at radius 2 is 1.39 bits per heavy atom. The fourth-order valence-electron chi connectivity index (χ4n) is 5.71. The summed E-state index contributed by atoms with van der Waals surface area (Å²) >= 11 is 18.6. The Bertz CT molecular complexity index is 1540. The van der Waals surface area contributed by atoms with Crippen molar-refractivity contribution < 1.29 is 18.0 Å². The molecule has 0 radical (unpaired) electrons. The lowest BCUT2D eigenvalue weighted by Crippen LogP contribution is -2.57. The molecule has 1 amide bonds. The molecule has 0 saturated carbocycles. The van der Waals surface area contributed by atoms with Crippen molar-refractivity contribution in [2.75, 3.05) is 44.2 Å². The Morgan fingerprint density at radius 3 is 1.98 bits per heavy atom. The molecule has 2 saturated heterocycles. The number of carbonyl (C=O) groups excluding carboxylic acids is 2. The number of Topliss-reactive ketones (excluding diaryl/α,β-unsaturated/α-hetero) is 1. The third-order valence-electron chi connectivity index (χ3n) is 8.09. The van der Waals surface area contributed by atoms with Crippen LogP contribution < -0.4 is 4.90 Å². The molecule has 11 heteroatoms. The first-order chi connectivity index (χ1) is 19.5. The molecule has 0 aromatic heterocycles. The topological polar surface area (TPSA) is 78.0 Å². The number of carbonyl (C=O) groups is 2. The molecule has 0 bridgehead atoms. The molecule has 2 aliphatic heterocycles. The van der Waals surface area contributed by atoms with Gasteiger partial charge < -0.3 is 9.80 Å². The lowest BCUT2D eigenvalue weighted by molar-refractivity contribution is -0.139. The number of piperazine rings is 1. The van der Waals surface area contributed by atoms with Crippen molar-refractivity contribution in [1.82, 2.24) is 9.21 Å². The van der Waals surface area contributed by atoms with E-state index in [1.54, 1.807) is 24.3 Å². The molecule has 0 spiro atoms. The summed E-state index contributed by atoms with van der Waals surface area (Å²) in [4.78, 5) is 30.2. The summed E-state index contributed by atoms with van der Waals surface area (Å²) in [6.07, 6.45) is 0.703. The number of hydrogen-bond acceptors (Lipinski definition) is 5. The fraction of sp³-hybridized carbons (Fsp3) is 0.333. The minimum Gasteiger partial charge on any atom is -0.368 e. The smallest absolute Gasteiger partial charge is 0.243 e. The predicted octanol–water partition coefficient (Wildman–Crippen LogP) is 5.92. The molecule has 0 unspecified atom stereocenters. The Morgan fingerprint density at radius 1 is 0.780 bits per heavy atom. The summed E-state index contributed by atoms with van der Waals surface area (Å²) < 4.78 is 28.4. The maximum Gasteiger partial charge on any atom is 0.243 e. The van der Waals surface area contributed by atoms with E-state index in [4.69, 9.17) is 34.8 Å². The zero-order valence-electron chi connectivity index (χ0n) is 22.5. The van der Waals surface area contributed by atoms with Crippen LogP contribution in [0.3, 0.4) is 0 Å². The molecule has 3 aromatic rings. The van der Waals surface area contributed by atoms with Crippen LogP contribution in [0.15, 0.2) is 71.6 Å². The molecule has 216 valence electrons. The third-order valence-corrected chi connectivity index (χ3v) is 11.2. The molecule has 7 nitrogen and oxygen atoms in total. The Labute approximate surface area is 255 Å². The van der Waals surface area contributed by atoms with Crippen LogP contribution in [0.2, 0.25) is 15.1 Å². The standard InChI is InChI=1S/C30H30Cl3N3O4S/c1-21(37)22-6-5-9-25(18-22)41(39,40)36-12-10-30(11-13-36,23-7-3-2-4-8-23)29(38)35-16-14-34(15-17-35)24-19-26(31)28(33)27(32)20-24/h2-9,18-20H,10-17H2,1H3. The highest BCUT2D eigenvalue weighted by atomic mass is 35.5.